The number of amides is 1. The number of nitrogens with zero attached hydrogens (tertiary/aromatic N) is 5. The Balaban J connectivity index is 1.66. The molecular formula is C16H17ClN6O. The van der Waals surface area contributed by atoms with Crippen molar-refractivity contribution < 1.29 is 4.79 Å². The van der Waals surface area contributed by atoms with Gasteiger partial charge in [-0.2, -0.15) is 5.10 Å². The van der Waals surface area contributed by atoms with Crippen molar-refractivity contribution in [3.8, 4) is 0 Å². The topological polar surface area (TPSA) is 77.6 Å². The van der Waals surface area contributed by atoms with E-state index >= 15 is 0 Å². The van der Waals surface area contributed by atoms with Gasteiger partial charge in [-0.25, -0.2) is 4.68 Å². The zero-order valence-electron chi connectivity index (χ0n) is 13.2. The summed E-state index contributed by atoms with van der Waals surface area (Å²) in [5.74, 6) is 0.581. The lowest BCUT2D eigenvalue weighted by atomic mass is 10.2. The molecule has 1 N–H and O–H groups in total. The van der Waals surface area contributed by atoms with Gasteiger partial charge < -0.3 is 9.88 Å². The predicted molar refractivity (Wildman–Crippen MR) is 90.8 cm³/mol. The first-order valence-corrected chi connectivity index (χ1v) is 7.89. The normalized spacial score (nSPS) is 10.8. The highest BCUT2D eigenvalue weighted by Crippen LogP contribution is 2.16. The largest absolute Gasteiger partial charge is 0.320 e. The number of nitrogens with one attached hydrogen (secondary N) is 1. The van der Waals surface area contributed by atoms with E-state index < -0.39 is 0 Å². The molecule has 0 aliphatic heterocycles. The number of halogens is 1. The highest BCUT2D eigenvalue weighted by molar-refractivity contribution is 6.30. The second-order valence-corrected chi connectivity index (χ2v) is 5.89. The van der Waals surface area contributed by atoms with Crippen molar-refractivity contribution >= 4 is 23.3 Å². The molecule has 7 nitrogen and oxygen atoms in total. The van der Waals surface area contributed by atoms with Crippen molar-refractivity contribution in [1.82, 2.24) is 24.5 Å². The zero-order chi connectivity index (χ0) is 16.9. The second kappa shape index (κ2) is 7.27. The van der Waals surface area contributed by atoms with E-state index in [9.17, 15) is 4.79 Å². The second-order valence-electron chi connectivity index (χ2n) is 5.46. The van der Waals surface area contributed by atoms with Crippen LogP contribution >= 0.6 is 11.6 Å². The van der Waals surface area contributed by atoms with Crippen LogP contribution in [0.2, 0.25) is 5.02 Å². The lowest BCUT2D eigenvalue weighted by Crippen LogP contribution is -2.17. The molecule has 0 bridgehead atoms. The van der Waals surface area contributed by atoms with Gasteiger partial charge in [-0.15, -0.1) is 10.2 Å². The van der Waals surface area contributed by atoms with E-state index in [0.29, 0.717) is 30.4 Å². The summed E-state index contributed by atoms with van der Waals surface area (Å²) in [5, 5.41) is 15.4. The summed E-state index contributed by atoms with van der Waals surface area (Å²) in [4.78, 5) is 12.1. The third kappa shape index (κ3) is 4.20. The molecule has 3 rings (SSSR count). The molecule has 0 saturated carbocycles. The van der Waals surface area contributed by atoms with Gasteiger partial charge in [-0.05, 0) is 24.6 Å². The van der Waals surface area contributed by atoms with Crippen LogP contribution < -0.4 is 5.32 Å². The molecule has 0 radical (unpaired) electrons. The van der Waals surface area contributed by atoms with Crippen LogP contribution in [0.15, 0.2) is 43.0 Å². The first kappa shape index (κ1) is 16.2. The number of carbonyl (C=O) groups excluding carboxylic acids is 1. The van der Waals surface area contributed by atoms with Crippen molar-refractivity contribution in [1.29, 1.82) is 0 Å². The van der Waals surface area contributed by atoms with Gasteiger partial charge in [-0.3, -0.25) is 4.79 Å². The van der Waals surface area contributed by atoms with Gasteiger partial charge in [0.25, 0.3) is 0 Å². The Bertz CT molecular complexity index is 827. The maximum absolute atomic E-state index is 12.1. The summed E-state index contributed by atoms with van der Waals surface area (Å²) in [5.41, 5.74) is 1.86. The number of anilines is 1. The zero-order valence-corrected chi connectivity index (χ0v) is 13.9. The molecular weight excluding hydrogens is 328 g/mol. The molecule has 0 atom stereocenters. The van der Waals surface area contributed by atoms with Crippen LogP contribution in [0.5, 0.6) is 0 Å². The molecule has 0 unspecified atom stereocenters. The molecule has 0 fully saturated rings. The maximum atomic E-state index is 12.1. The summed E-state index contributed by atoms with van der Waals surface area (Å²) in [6.07, 6.45) is 3.50. The first-order valence-electron chi connectivity index (χ1n) is 7.51. The van der Waals surface area contributed by atoms with Crippen LogP contribution in [0.3, 0.4) is 0 Å². The Morgan fingerprint density at radius 1 is 1.25 bits per heavy atom. The standard InChI is InChI=1S/C16H17ClN6O/c1-12-7-15(20-16(24)5-6-22-10-18-19-11-22)23(21-12)9-13-3-2-4-14(17)8-13/h2-4,7-8,10-11H,5-6,9H2,1H3,(H,20,24). The number of benzene rings is 1. The number of rotatable bonds is 6. The van der Waals surface area contributed by atoms with Gasteiger partial charge in [0.15, 0.2) is 0 Å². The van der Waals surface area contributed by atoms with Crippen LogP contribution in [0.25, 0.3) is 0 Å². The lowest BCUT2D eigenvalue weighted by Gasteiger charge is -2.09. The van der Waals surface area contributed by atoms with E-state index in [1.807, 2.05) is 37.3 Å². The molecule has 2 heterocycles. The fourth-order valence-electron chi connectivity index (χ4n) is 2.35. The Kier molecular flexibility index (Phi) is 4.90. The summed E-state index contributed by atoms with van der Waals surface area (Å²) >= 11 is 6.02. The summed E-state index contributed by atoms with van der Waals surface area (Å²) in [6.45, 7) is 2.96. The Hall–Kier alpha value is -2.67. The fraction of sp³-hybridized carbons (Fsp3) is 0.250. The predicted octanol–water partition coefficient (Wildman–Crippen LogP) is 2.51. The van der Waals surface area contributed by atoms with Crippen LogP contribution in [0.4, 0.5) is 5.82 Å². The van der Waals surface area contributed by atoms with E-state index in [2.05, 4.69) is 20.6 Å². The Morgan fingerprint density at radius 2 is 2.04 bits per heavy atom. The first-order chi connectivity index (χ1) is 11.6. The molecule has 3 aromatic rings. The number of hydrogen-bond acceptors (Lipinski definition) is 4. The lowest BCUT2D eigenvalue weighted by molar-refractivity contribution is -0.116. The van der Waals surface area contributed by atoms with Crippen LogP contribution in [0, 0.1) is 6.92 Å². The molecule has 0 saturated heterocycles. The number of carbonyl (C=O) groups is 1. The molecule has 0 aliphatic rings. The van der Waals surface area contributed by atoms with Gasteiger partial charge in [-0.1, -0.05) is 23.7 Å². The highest BCUT2D eigenvalue weighted by Gasteiger charge is 2.10. The number of hydrogen-bond donors (Lipinski definition) is 1. The fourth-order valence-corrected chi connectivity index (χ4v) is 2.56. The molecule has 0 aliphatic carbocycles. The molecule has 1 aromatic carbocycles. The minimum absolute atomic E-state index is 0.0871. The number of aromatic nitrogens is 5. The van der Waals surface area contributed by atoms with Crippen LogP contribution in [-0.2, 0) is 17.9 Å². The third-order valence-corrected chi connectivity index (χ3v) is 3.69. The van der Waals surface area contributed by atoms with Crippen molar-refractivity contribution in [3.63, 3.8) is 0 Å². The number of aryl methyl sites for hydroxylation is 2. The molecule has 24 heavy (non-hydrogen) atoms. The Labute approximate surface area is 144 Å². The quantitative estimate of drug-likeness (QED) is 0.745. The van der Waals surface area contributed by atoms with Gasteiger partial charge in [0.05, 0.1) is 12.2 Å². The van der Waals surface area contributed by atoms with E-state index in [4.69, 9.17) is 11.6 Å². The van der Waals surface area contributed by atoms with E-state index in [1.165, 1.54) is 0 Å². The van der Waals surface area contributed by atoms with Crippen LogP contribution in [-0.4, -0.2) is 30.5 Å². The monoisotopic (exact) mass is 344 g/mol. The van der Waals surface area contributed by atoms with Crippen LogP contribution in [0.1, 0.15) is 17.7 Å². The van der Waals surface area contributed by atoms with Gasteiger partial charge >= 0.3 is 0 Å². The van der Waals surface area contributed by atoms with E-state index in [1.54, 1.807) is 21.9 Å². The Morgan fingerprint density at radius 3 is 2.79 bits per heavy atom. The molecule has 124 valence electrons. The summed E-state index contributed by atoms with van der Waals surface area (Å²) in [6, 6.07) is 9.43. The van der Waals surface area contributed by atoms with Crippen molar-refractivity contribution in [2.45, 2.75) is 26.4 Å². The average molecular weight is 345 g/mol. The molecule has 8 heteroatoms. The van der Waals surface area contributed by atoms with Gasteiger partial charge in [0, 0.05) is 24.1 Å². The summed E-state index contributed by atoms with van der Waals surface area (Å²) in [7, 11) is 0. The van der Waals surface area contributed by atoms with Gasteiger partial charge in [0.1, 0.15) is 18.5 Å². The van der Waals surface area contributed by atoms with Gasteiger partial charge in [0.2, 0.25) is 5.91 Å². The molecule has 0 spiro atoms. The average Bonchev–Trinajstić information content (AvgIpc) is 3.16. The van der Waals surface area contributed by atoms with Crippen molar-refractivity contribution in [2.24, 2.45) is 0 Å². The van der Waals surface area contributed by atoms with Crippen molar-refractivity contribution in [3.05, 3.63) is 59.3 Å². The molecule has 1 amide bonds. The SMILES string of the molecule is Cc1cc(NC(=O)CCn2cnnc2)n(Cc2cccc(Cl)c2)n1. The smallest absolute Gasteiger partial charge is 0.227 e. The highest BCUT2D eigenvalue weighted by atomic mass is 35.5. The third-order valence-electron chi connectivity index (χ3n) is 3.45. The maximum Gasteiger partial charge on any atom is 0.227 e. The van der Waals surface area contributed by atoms with E-state index in [-0.39, 0.29) is 5.91 Å². The molecule has 2 aromatic heterocycles. The van der Waals surface area contributed by atoms with Crippen molar-refractivity contribution in [2.75, 3.05) is 5.32 Å². The minimum Gasteiger partial charge on any atom is -0.320 e. The summed E-state index contributed by atoms with van der Waals surface area (Å²) < 4.78 is 3.52. The van der Waals surface area contributed by atoms with E-state index in [0.717, 1.165) is 11.3 Å². The minimum atomic E-state index is -0.0871.